The first-order valence-corrected chi connectivity index (χ1v) is 7.34. The van der Waals surface area contributed by atoms with E-state index in [2.05, 4.69) is 10.6 Å². The molecule has 8 heteroatoms. The van der Waals surface area contributed by atoms with Crippen LogP contribution < -0.4 is 16.4 Å². The summed E-state index contributed by atoms with van der Waals surface area (Å²) in [5, 5.41) is 5.54. The van der Waals surface area contributed by atoms with Crippen molar-refractivity contribution in [1.82, 2.24) is 5.32 Å². The third-order valence-electron chi connectivity index (χ3n) is 2.61. The van der Waals surface area contributed by atoms with E-state index in [0.29, 0.717) is 16.4 Å². The quantitative estimate of drug-likeness (QED) is 0.712. The van der Waals surface area contributed by atoms with Crippen LogP contribution in [0.25, 0.3) is 0 Å². The number of anilines is 2. The van der Waals surface area contributed by atoms with E-state index in [1.807, 2.05) is 0 Å². The Hall–Kier alpha value is -1.99. The normalized spacial score (nSPS) is 12.4. The second kappa shape index (κ2) is 8.03. The van der Waals surface area contributed by atoms with Gasteiger partial charge in [-0.2, -0.15) is 0 Å². The van der Waals surface area contributed by atoms with Crippen molar-refractivity contribution in [2.24, 2.45) is 0 Å². The maximum atomic E-state index is 12.3. The molecule has 1 atom stereocenters. The highest BCUT2D eigenvalue weighted by atomic mass is 35.5. The summed E-state index contributed by atoms with van der Waals surface area (Å²) < 4.78 is 10.1. The number of halogens is 1. The summed E-state index contributed by atoms with van der Waals surface area (Å²) in [6.07, 6.45) is -0.709. The molecular weight excluding hydrogens is 322 g/mol. The molecule has 0 aliphatic heterocycles. The number of nitrogen functional groups attached to an aromatic ring is 1. The second-order valence-corrected chi connectivity index (χ2v) is 6.31. The molecule has 128 valence electrons. The van der Waals surface area contributed by atoms with Gasteiger partial charge in [-0.25, -0.2) is 4.79 Å². The molecule has 0 bridgehead atoms. The zero-order chi connectivity index (χ0) is 17.6. The third kappa shape index (κ3) is 6.75. The molecule has 7 nitrogen and oxygen atoms in total. The minimum atomic E-state index is -0.926. The van der Waals surface area contributed by atoms with Crippen LogP contribution in [-0.2, 0) is 14.3 Å². The number of alkyl carbamates (subject to hydrolysis) is 1. The van der Waals surface area contributed by atoms with E-state index < -0.39 is 23.6 Å². The molecule has 0 spiro atoms. The number of carbonyl (C=O) groups is 2. The molecular formula is C15H22ClN3O4. The molecule has 1 aromatic rings. The Labute approximate surface area is 140 Å². The second-order valence-electron chi connectivity index (χ2n) is 5.87. The molecule has 1 rings (SSSR count). The fraction of sp³-hybridized carbons (Fsp3) is 0.467. The maximum Gasteiger partial charge on any atom is 0.408 e. The van der Waals surface area contributed by atoms with Gasteiger partial charge < -0.3 is 25.8 Å². The Morgan fingerprint density at radius 3 is 2.52 bits per heavy atom. The van der Waals surface area contributed by atoms with Crippen molar-refractivity contribution in [1.29, 1.82) is 0 Å². The molecule has 0 saturated heterocycles. The highest BCUT2D eigenvalue weighted by Crippen LogP contribution is 2.22. The minimum absolute atomic E-state index is 0.0153. The smallest absolute Gasteiger partial charge is 0.408 e. The van der Waals surface area contributed by atoms with E-state index >= 15 is 0 Å². The Balaban J connectivity index is 2.76. The Kier molecular flexibility index (Phi) is 6.65. The number of methoxy groups -OCH3 is 1. The van der Waals surface area contributed by atoms with Crippen molar-refractivity contribution < 1.29 is 19.1 Å². The highest BCUT2D eigenvalue weighted by Gasteiger charge is 2.24. The number of rotatable bonds is 5. The number of hydrogen-bond acceptors (Lipinski definition) is 5. The fourth-order valence-corrected chi connectivity index (χ4v) is 1.85. The predicted molar refractivity (Wildman–Crippen MR) is 89.5 cm³/mol. The van der Waals surface area contributed by atoms with Gasteiger partial charge in [-0.3, -0.25) is 4.79 Å². The lowest BCUT2D eigenvalue weighted by Crippen LogP contribution is -2.48. The first kappa shape index (κ1) is 19.1. The summed E-state index contributed by atoms with van der Waals surface area (Å²) in [6.45, 7) is 5.17. The van der Waals surface area contributed by atoms with Crippen molar-refractivity contribution in [2.75, 3.05) is 24.8 Å². The number of nitrogens with one attached hydrogen (secondary N) is 2. The highest BCUT2D eigenvalue weighted by molar-refractivity contribution is 6.31. The van der Waals surface area contributed by atoms with Crippen LogP contribution in [-0.4, -0.2) is 37.4 Å². The van der Waals surface area contributed by atoms with E-state index in [9.17, 15) is 9.59 Å². The summed E-state index contributed by atoms with van der Waals surface area (Å²) in [5.41, 5.74) is 5.83. The molecule has 1 aromatic carbocycles. The van der Waals surface area contributed by atoms with Gasteiger partial charge in [0.15, 0.2) is 0 Å². The van der Waals surface area contributed by atoms with Crippen LogP contribution in [0.3, 0.4) is 0 Å². The lowest BCUT2D eigenvalue weighted by Gasteiger charge is -2.23. The molecule has 23 heavy (non-hydrogen) atoms. The molecule has 0 fully saturated rings. The van der Waals surface area contributed by atoms with Crippen LogP contribution in [0.15, 0.2) is 18.2 Å². The van der Waals surface area contributed by atoms with E-state index in [4.69, 9.17) is 26.8 Å². The van der Waals surface area contributed by atoms with Crippen molar-refractivity contribution in [2.45, 2.75) is 32.4 Å². The number of hydrogen-bond donors (Lipinski definition) is 3. The third-order valence-corrected chi connectivity index (χ3v) is 2.85. The Morgan fingerprint density at radius 1 is 1.35 bits per heavy atom. The molecule has 0 aromatic heterocycles. The van der Waals surface area contributed by atoms with Crippen molar-refractivity contribution in [3.63, 3.8) is 0 Å². The van der Waals surface area contributed by atoms with E-state index in [-0.39, 0.29) is 6.61 Å². The predicted octanol–water partition coefficient (Wildman–Crippen LogP) is 2.40. The van der Waals surface area contributed by atoms with Gasteiger partial charge in [0.05, 0.1) is 18.0 Å². The first-order chi connectivity index (χ1) is 10.6. The topological polar surface area (TPSA) is 103 Å². The lowest BCUT2D eigenvalue weighted by atomic mass is 10.2. The molecule has 0 unspecified atom stereocenters. The zero-order valence-electron chi connectivity index (χ0n) is 13.6. The average molecular weight is 344 g/mol. The molecule has 0 aliphatic carbocycles. The van der Waals surface area contributed by atoms with Crippen molar-refractivity contribution in [3.8, 4) is 0 Å². The lowest BCUT2D eigenvalue weighted by molar-refractivity contribution is -0.119. The molecule has 0 radical (unpaired) electrons. The van der Waals surface area contributed by atoms with Gasteiger partial charge in [0.2, 0.25) is 5.91 Å². The minimum Gasteiger partial charge on any atom is -0.444 e. The van der Waals surface area contributed by atoms with Crippen LogP contribution in [0.2, 0.25) is 5.02 Å². The number of carbonyl (C=O) groups excluding carboxylic acids is 2. The molecule has 4 N–H and O–H groups in total. The Bertz CT molecular complexity index is 572. The van der Waals surface area contributed by atoms with Gasteiger partial charge in [-0.1, -0.05) is 11.6 Å². The summed E-state index contributed by atoms with van der Waals surface area (Å²) in [7, 11) is 1.42. The number of nitrogens with two attached hydrogens (primary N) is 1. The first-order valence-electron chi connectivity index (χ1n) is 6.96. The molecule has 0 saturated carbocycles. The van der Waals surface area contributed by atoms with Gasteiger partial charge >= 0.3 is 6.09 Å². The van der Waals surface area contributed by atoms with Gasteiger partial charge in [-0.15, -0.1) is 0 Å². The SMILES string of the molecule is COC[C@H](NC(=O)OC(C)(C)C)C(=O)Nc1ccc(Cl)cc1N. The summed E-state index contributed by atoms with van der Waals surface area (Å²) in [6, 6.07) is 3.77. The summed E-state index contributed by atoms with van der Waals surface area (Å²) in [4.78, 5) is 24.1. The Morgan fingerprint density at radius 2 is 2.00 bits per heavy atom. The van der Waals surface area contributed by atoms with Crippen LogP contribution in [0.5, 0.6) is 0 Å². The average Bonchev–Trinajstić information content (AvgIpc) is 2.39. The van der Waals surface area contributed by atoms with Crippen LogP contribution >= 0.6 is 11.6 Å². The monoisotopic (exact) mass is 343 g/mol. The van der Waals surface area contributed by atoms with Crippen LogP contribution in [0.4, 0.5) is 16.2 Å². The van der Waals surface area contributed by atoms with E-state index in [0.717, 1.165) is 0 Å². The summed E-state index contributed by atoms with van der Waals surface area (Å²) in [5.74, 6) is -0.480. The number of amides is 2. The van der Waals surface area contributed by atoms with Gasteiger partial charge in [-0.05, 0) is 39.0 Å². The van der Waals surface area contributed by atoms with Crippen LogP contribution in [0.1, 0.15) is 20.8 Å². The maximum absolute atomic E-state index is 12.3. The number of ether oxygens (including phenoxy) is 2. The van der Waals surface area contributed by atoms with Crippen molar-refractivity contribution in [3.05, 3.63) is 23.2 Å². The summed E-state index contributed by atoms with van der Waals surface area (Å²) >= 11 is 5.81. The van der Waals surface area contributed by atoms with Crippen LogP contribution in [0, 0.1) is 0 Å². The molecule has 2 amide bonds. The van der Waals surface area contributed by atoms with E-state index in [1.165, 1.54) is 13.2 Å². The van der Waals surface area contributed by atoms with E-state index in [1.54, 1.807) is 32.9 Å². The number of benzene rings is 1. The van der Waals surface area contributed by atoms with Gasteiger partial charge in [0.25, 0.3) is 0 Å². The largest absolute Gasteiger partial charge is 0.444 e. The standard InChI is InChI=1S/C15H22ClN3O4/c1-15(2,3)23-14(21)19-12(8-22-4)13(20)18-11-6-5-9(16)7-10(11)17/h5-7,12H,8,17H2,1-4H3,(H,18,20)(H,19,21)/t12-/m0/s1. The van der Waals surface area contributed by atoms with Crippen molar-refractivity contribution >= 4 is 35.0 Å². The van der Waals surface area contributed by atoms with Gasteiger partial charge in [0, 0.05) is 12.1 Å². The van der Waals surface area contributed by atoms with Gasteiger partial charge in [0.1, 0.15) is 11.6 Å². The molecule has 0 heterocycles. The molecule has 0 aliphatic rings. The fourth-order valence-electron chi connectivity index (χ4n) is 1.67. The zero-order valence-corrected chi connectivity index (χ0v) is 14.4.